The highest BCUT2D eigenvalue weighted by Gasteiger charge is 2.07. The minimum absolute atomic E-state index is 0.881. The molecule has 0 radical (unpaired) electrons. The Hall–Kier alpha value is 0. The smallest absolute Gasteiger partial charge is 0.0443 e. The van der Waals surface area contributed by atoms with Crippen LogP contribution in [0.4, 0.5) is 0 Å². The van der Waals surface area contributed by atoms with Gasteiger partial charge in [0.25, 0.3) is 0 Å². The van der Waals surface area contributed by atoms with Crippen molar-refractivity contribution in [3.63, 3.8) is 0 Å². The van der Waals surface area contributed by atoms with Gasteiger partial charge in [-0.05, 0) is 17.8 Å². The van der Waals surface area contributed by atoms with E-state index in [0.717, 1.165) is 17.8 Å². The molecule has 28 heavy (non-hydrogen) atoms. The Morgan fingerprint density at radius 1 is 0.357 bits per heavy atom. The fraction of sp³-hybridized carbons (Fsp3) is 1.00. The summed E-state index contributed by atoms with van der Waals surface area (Å²) in [5.74, 6) is 2.77. The summed E-state index contributed by atoms with van der Waals surface area (Å²) in [6, 6.07) is 0. The molecule has 0 aliphatic heterocycles. The molecule has 0 heteroatoms. The van der Waals surface area contributed by atoms with Crippen molar-refractivity contribution in [2.75, 3.05) is 0 Å². The number of hydrogen-bond acceptors (Lipinski definition) is 0. The van der Waals surface area contributed by atoms with Crippen molar-refractivity contribution in [1.29, 1.82) is 0 Å². The maximum Gasteiger partial charge on any atom is -0.0443 e. The van der Waals surface area contributed by atoms with E-state index in [2.05, 4.69) is 34.6 Å². The van der Waals surface area contributed by atoms with E-state index in [1.54, 1.807) is 0 Å². The molecule has 0 aliphatic carbocycles. The maximum atomic E-state index is 2.49. The Kier molecular flexibility index (Phi) is 21.7. The van der Waals surface area contributed by atoms with E-state index < -0.39 is 0 Å². The molecule has 2 atom stereocenters. The number of hydrogen-bond donors (Lipinski definition) is 0. The van der Waals surface area contributed by atoms with Crippen molar-refractivity contribution in [3.8, 4) is 0 Å². The Morgan fingerprint density at radius 2 is 0.714 bits per heavy atom. The fourth-order valence-electron chi connectivity index (χ4n) is 4.42. The Bertz CT molecular complexity index is 280. The van der Waals surface area contributed by atoms with E-state index >= 15 is 0 Å². The molecule has 0 aliphatic rings. The van der Waals surface area contributed by atoms with Crippen LogP contribution in [0, 0.1) is 17.8 Å². The molecule has 0 aromatic carbocycles. The van der Waals surface area contributed by atoms with Crippen LogP contribution in [0.1, 0.15) is 163 Å². The lowest BCUT2D eigenvalue weighted by atomic mass is 9.90. The average molecular weight is 395 g/mol. The van der Waals surface area contributed by atoms with Gasteiger partial charge in [-0.1, -0.05) is 163 Å². The third-order valence-electron chi connectivity index (χ3n) is 6.68. The molecule has 0 amide bonds. The third-order valence-corrected chi connectivity index (χ3v) is 6.68. The zero-order valence-corrected chi connectivity index (χ0v) is 20.9. The summed E-state index contributed by atoms with van der Waals surface area (Å²) >= 11 is 0. The van der Waals surface area contributed by atoms with Gasteiger partial charge in [0, 0.05) is 0 Å². The number of unbranched alkanes of at least 4 members (excludes halogenated alkanes) is 13. The predicted octanol–water partition coefficient (Wildman–Crippen LogP) is 10.7. The molecule has 0 bridgehead atoms. The molecule has 0 aromatic heterocycles. The normalized spacial score (nSPS) is 13.9. The summed E-state index contributed by atoms with van der Waals surface area (Å²) in [6.45, 7) is 12.0. The zero-order valence-electron chi connectivity index (χ0n) is 20.9. The van der Waals surface area contributed by atoms with Gasteiger partial charge in [-0.2, -0.15) is 0 Å². The highest BCUT2D eigenvalue weighted by molar-refractivity contribution is 4.60. The van der Waals surface area contributed by atoms with Crippen LogP contribution in [0.2, 0.25) is 0 Å². The maximum absolute atomic E-state index is 2.49. The summed E-state index contributed by atoms with van der Waals surface area (Å²) in [6.07, 6.45) is 29.3. The molecular formula is C28H58. The van der Waals surface area contributed by atoms with Crippen molar-refractivity contribution >= 4 is 0 Å². The SMILES string of the molecule is CCCCCCCCCCCCCCCCC(C)CCC(C)CCCC(C)C. The lowest BCUT2D eigenvalue weighted by Crippen LogP contribution is -2.01. The second-order valence-corrected chi connectivity index (χ2v) is 10.5. The summed E-state index contributed by atoms with van der Waals surface area (Å²) in [5, 5.41) is 0. The predicted molar refractivity (Wildman–Crippen MR) is 131 cm³/mol. The van der Waals surface area contributed by atoms with Gasteiger partial charge >= 0.3 is 0 Å². The standard InChI is InChI=1S/C28H58/c1-6-7-8-9-10-11-12-13-14-15-16-17-18-19-22-27(4)24-25-28(5)23-20-21-26(2)3/h26-28H,6-25H2,1-5H3. The number of rotatable bonds is 22. The minimum atomic E-state index is 0.881. The second kappa shape index (κ2) is 21.7. The molecule has 0 spiro atoms. The molecule has 0 saturated carbocycles. The first-order valence-electron chi connectivity index (χ1n) is 13.6. The highest BCUT2D eigenvalue weighted by Crippen LogP contribution is 2.22. The van der Waals surface area contributed by atoms with Gasteiger partial charge in [0.1, 0.15) is 0 Å². The quantitative estimate of drug-likeness (QED) is 0.160. The van der Waals surface area contributed by atoms with Crippen LogP contribution < -0.4 is 0 Å². The second-order valence-electron chi connectivity index (χ2n) is 10.5. The average Bonchev–Trinajstić information content (AvgIpc) is 2.66. The molecule has 0 heterocycles. The van der Waals surface area contributed by atoms with Crippen LogP contribution in [-0.4, -0.2) is 0 Å². The first kappa shape index (κ1) is 28.0. The first-order chi connectivity index (χ1) is 13.6. The van der Waals surface area contributed by atoms with Crippen molar-refractivity contribution in [2.24, 2.45) is 17.8 Å². The Labute approximate surface area is 181 Å². The van der Waals surface area contributed by atoms with Crippen LogP contribution in [0.25, 0.3) is 0 Å². The summed E-state index contributed by atoms with van der Waals surface area (Å²) < 4.78 is 0. The zero-order chi connectivity index (χ0) is 20.9. The molecule has 0 aromatic rings. The van der Waals surface area contributed by atoms with Crippen LogP contribution in [0.3, 0.4) is 0 Å². The van der Waals surface area contributed by atoms with Crippen LogP contribution in [0.5, 0.6) is 0 Å². The van der Waals surface area contributed by atoms with Gasteiger partial charge in [0.05, 0.1) is 0 Å². The monoisotopic (exact) mass is 394 g/mol. The van der Waals surface area contributed by atoms with Crippen LogP contribution in [-0.2, 0) is 0 Å². The van der Waals surface area contributed by atoms with E-state index in [-0.39, 0.29) is 0 Å². The molecular weight excluding hydrogens is 336 g/mol. The summed E-state index contributed by atoms with van der Waals surface area (Å²) in [7, 11) is 0. The lowest BCUT2D eigenvalue weighted by Gasteiger charge is -2.16. The molecule has 0 rings (SSSR count). The largest absolute Gasteiger partial charge is 0.0654 e. The van der Waals surface area contributed by atoms with E-state index in [9.17, 15) is 0 Å². The van der Waals surface area contributed by atoms with E-state index in [4.69, 9.17) is 0 Å². The Morgan fingerprint density at radius 3 is 1.11 bits per heavy atom. The van der Waals surface area contributed by atoms with Crippen molar-refractivity contribution in [3.05, 3.63) is 0 Å². The molecule has 170 valence electrons. The highest BCUT2D eigenvalue weighted by atomic mass is 14.1. The topological polar surface area (TPSA) is 0 Å². The van der Waals surface area contributed by atoms with Crippen molar-refractivity contribution in [2.45, 2.75) is 163 Å². The van der Waals surface area contributed by atoms with E-state index in [1.807, 2.05) is 0 Å². The molecule has 2 unspecified atom stereocenters. The van der Waals surface area contributed by atoms with Gasteiger partial charge in [-0.25, -0.2) is 0 Å². The van der Waals surface area contributed by atoms with Crippen LogP contribution >= 0.6 is 0 Å². The fourth-order valence-corrected chi connectivity index (χ4v) is 4.42. The van der Waals surface area contributed by atoms with Gasteiger partial charge < -0.3 is 0 Å². The minimum Gasteiger partial charge on any atom is -0.0654 e. The van der Waals surface area contributed by atoms with Crippen molar-refractivity contribution in [1.82, 2.24) is 0 Å². The van der Waals surface area contributed by atoms with Gasteiger partial charge in [0.2, 0.25) is 0 Å². The first-order valence-corrected chi connectivity index (χ1v) is 13.6. The molecule has 0 saturated heterocycles. The Balaban J connectivity index is 3.24. The third kappa shape index (κ3) is 22.3. The van der Waals surface area contributed by atoms with Crippen LogP contribution in [0.15, 0.2) is 0 Å². The molecule has 0 nitrogen and oxygen atoms in total. The van der Waals surface area contributed by atoms with Gasteiger partial charge in [-0.3, -0.25) is 0 Å². The molecule has 0 N–H and O–H groups in total. The van der Waals surface area contributed by atoms with Gasteiger partial charge in [0.15, 0.2) is 0 Å². The van der Waals surface area contributed by atoms with E-state index in [1.165, 1.54) is 128 Å². The molecule has 0 fully saturated rings. The summed E-state index contributed by atoms with van der Waals surface area (Å²) in [4.78, 5) is 0. The van der Waals surface area contributed by atoms with Gasteiger partial charge in [-0.15, -0.1) is 0 Å². The van der Waals surface area contributed by atoms with Crippen molar-refractivity contribution < 1.29 is 0 Å². The lowest BCUT2D eigenvalue weighted by molar-refractivity contribution is 0.372. The van der Waals surface area contributed by atoms with E-state index in [0.29, 0.717) is 0 Å². The summed E-state index contributed by atoms with van der Waals surface area (Å²) in [5.41, 5.74) is 0.